The molecule has 0 spiro atoms. The van der Waals surface area contributed by atoms with E-state index >= 15 is 0 Å². The fourth-order valence-electron chi connectivity index (χ4n) is 2.46. The summed E-state index contributed by atoms with van der Waals surface area (Å²) in [5.74, 6) is 1.12. The molecule has 23 heavy (non-hydrogen) atoms. The van der Waals surface area contributed by atoms with Gasteiger partial charge in [-0.3, -0.25) is 9.48 Å². The summed E-state index contributed by atoms with van der Waals surface area (Å²) in [6.45, 7) is 2.60. The predicted molar refractivity (Wildman–Crippen MR) is 87.6 cm³/mol. The van der Waals surface area contributed by atoms with E-state index in [4.69, 9.17) is 4.74 Å². The van der Waals surface area contributed by atoms with Gasteiger partial charge in [0.1, 0.15) is 0 Å². The minimum Gasteiger partial charge on any atom is -0.480 e. The minimum atomic E-state index is 0.00653. The number of anilines is 1. The van der Waals surface area contributed by atoms with Gasteiger partial charge in [-0.1, -0.05) is 0 Å². The molecule has 1 saturated heterocycles. The van der Waals surface area contributed by atoms with Gasteiger partial charge in [-0.15, -0.1) is 0 Å². The zero-order valence-electron chi connectivity index (χ0n) is 12.9. The molecule has 122 valence electrons. The summed E-state index contributed by atoms with van der Waals surface area (Å²) >= 11 is 3.34. The van der Waals surface area contributed by atoms with Crippen LogP contribution in [0, 0.1) is 0 Å². The Bertz CT molecular complexity index is 711. The molecule has 0 bridgehead atoms. The number of rotatable bonds is 3. The van der Waals surface area contributed by atoms with Gasteiger partial charge in [-0.25, -0.2) is 4.98 Å². The number of hydrogen-bond donors (Lipinski definition) is 0. The van der Waals surface area contributed by atoms with Crippen molar-refractivity contribution in [3.05, 3.63) is 28.6 Å². The Morgan fingerprint density at radius 1 is 1.26 bits per heavy atom. The second kappa shape index (κ2) is 6.53. The lowest BCUT2D eigenvalue weighted by atomic mass is 10.2. The number of ether oxygens (including phenoxy) is 1. The van der Waals surface area contributed by atoms with Crippen LogP contribution in [-0.4, -0.2) is 63.8 Å². The number of piperazine rings is 1. The first-order valence-corrected chi connectivity index (χ1v) is 7.97. The molecule has 0 atom stereocenters. The van der Waals surface area contributed by atoms with Gasteiger partial charge in [0.25, 0.3) is 5.91 Å². The van der Waals surface area contributed by atoms with Crippen LogP contribution in [0.2, 0.25) is 0 Å². The van der Waals surface area contributed by atoms with E-state index in [0.29, 0.717) is 48.0 Å². The average Bonchev–Trinajstić information content (AvgIpc) is 3.01. The Morgan fingerprint density at radius 2 is 2.00 bits per heavy atom. The smallest absolute Gasteiger partial charge is 0.257 e. The van der Waals surface area contributed by atoms with Gasteiger partial charge in [0.05, 0.1) is 29.5 Å². The van der Waals surface area contributed by atoms with Crippen LogP contribution in [0.25, 0.3) is 0 Å². The Balaban J connectivity index is 1.65. The van der Waals surface area contributed by atoms with E-state index < -0.39 is 0 Å². The van der Waals surface area contributed by atoms with Crippen LogP contribution in [-0.2, 0) is 7.05 Å². The molecule has 0 saturated carbocycles. The maximum atomic E-state index is 12.4. The van der Waals surface area contributed by atoms with Crippen molar-refractivity contribution < 1.29 is 9.53 Å². The van der Waals surface area contributed by atoms with Crippen molar-refractivity contribution in [1.29, 1.82) is 0 Å². The average molecular weight is 381 g/mol. The van der Waals surface area contributed by atoms with Crippen LogP contribution in [0.3, 0.4) is 0 Å². The van der Waals surface area contributed by atoms with Crippen LogP contribution >= 0.6 is 15.9 Å². The standard InChI is InChI=1S/C14H17BrN6O2/c1-19-9-10(7-17-19)13(22)20-3-5-21(6-4-20)14-16-8-11(15)12(18-14)23-2/h7-9H,3-6H2,1-2H3. The molecule has 0 radical (unpaired) electrons. The summed E-state index contributed by atoms with van der Waals surface area (Å²) in [5.41, 5.74) is 0.613. The molecule has 0 N–H and O–H groups in total. The zero-order valence-corrected chi connectivity index (χ0v) is 14.5. The lowest BCUT2D eigenvalue weighted by Crippen LogP contribution is -2.49. The molecule has 2 aromatic rings. The van der Waals surface area contributed by atoms with E-state index in [2.05, 4.69) is 31.0 Å². The molecule has 0 aromatic carbocycles. The van der Waals surface area contributed by atoms with Gasteiger partial charge in [0.2, 0.25) is 11.8 Å². The molecule has 3 rings (SSSR count). The molecule has 1 amide bonds. The van der Waals surface area contributed by atoms with E-state index in [1.165, 1.54) is 0 Å². The Kier molecular flexibility index (Phi) is 4.46. The van der Waals surface area contributed by atoms with Crippen molar-refractivity contribution in [2.24, 2.45) is 7.05 Å². The SMILES string of the molecule is COc1nc(N2CCN(C(=O)c3cnn(C)c3)CC2)ncc1Br. The molecule has 2 aromatic heterocycles. The number of halogens is 1. The van der Waals surface area contributed by atoms with Gasteiger partial charge in [-0.05, 0) is 15.9 Å². The third-order valence-corrected chi connectivity index (χ3v) is 4.24. The molecule has 1 aliphatic rings. The third-order valence-electron chi connectivity index (χ3n) is 3.69. The first-order valence-electron chi connectivity index (χ1n) is 7.18. The number of aromatic nitrogens is 4. The fraction of sp³-hybridized carbons (Fsp3) is 0.429. The normalized spacial score (nSPS) is 14.9. The summed E-state index contributed by atoms with van der Waals surface area (Å²) in [5, 5.41) is 4.04. The summed E-state index contributed by atoms with van der Waals surface area (Å²) in [6.07, 6.45) is 5.00. The molecule has 3 heterocycles. The van der Waals surface area contributed by atoms with E-state index in [1.807, 2.05) is 9.80 Å². The number of hydrogen-bond acceptors (Lipinski definition) is 6. The molecule has 1 aliphatic heterocycles. The number of amides is 1. The summed E-state index contributed by atoms with van der Waals surface area (Å²) < 4.78 is 7.54. The second-order valence-electron chi connectivity index (χ2n) is 5.21. The van der Waals surface area contributed by atoms with E-state index in [9.17, 15) is 4.79 Å². The van der Waals surface area contributed by atoms with Gasteiger partial charge >= 0.3 is 0 Å². The molecular formula is C14H17BrN6O2. The molecule has 0 aliphatic carbocycles. The van der Waals surface area contributed by atoms with Gasteiger partial charge in [0.15, 0.2) is 0 Å². The van der Waals surface area contributed by atoms with Crippen LogP contribution in [0.4, 0.5) is 5.95 Å². The molecule has 1 fully saturated rings. The summed E-state index contributed by atoms with van der Waals surface area (Å²) in [6, 6.07) is 0. The van der Waals surface area contributed by atoms with Crippen LogP contribution in [0.5, 0.6) is 5.88 Å². The van der Waals surface area contributed by atoms with Gasteiger partial charge in [-0.2, -0.15) is 10.1 Å². The van der Waals surface area contributed by atoms with Crippen LogP contribution < -0.4 is 9.64 Å². The number of carbonyl (C=O) groups is 1. The number of nitrogens with zero attached hydrogens (tertiary/aromatic N) is 6. The number of methoxy groups -OCH3 is 1. The van der Waals surface area contributed by atoms with Gasteiger partial charge in [0, 0.05) is 39.4 Å². The highest BCUT2D eigenvalue weighted by atomic mass is 79.9. The van der Waals surface area contributed by atoms with Crippen LogP contribution in [0.15, 0.2) is 23.1 Å². The topological polar surface area (TPSA) is 76.4 Å². The Morgan fingerprint density at radius 3 is 2.61 bits per heavy atom. The van der Waals surface area contributed by atoms with Crippen LogP contribution in [0.1, 0.15) is 10.4 Å². The number of carbonyl (C=O) groups excluding carboxylic acids is 1. The highest BCUT2D eigenvalue weighted by molar-refractivity contribution is 9.10. The second-order valence-corrected chi connectivity index (χ2v) is 6.06. The summed E-state index contributed by atoms with van der Waals surface area (Å²) in [4.78, 5) is 25.0. The number of aryl methyl sites for hydroxylation is 1. The van der Waals surface area contributed by atoms with Crippen molar-refractivity contribution in [3.63, 3.8) is 0 Å². The lowest BCUT2D eigenvalue weighted by molar-refractivity contribution is 0.0746. The summed E-state index contributed by atoms with van der Waals surface area (Å²) in [7, 11) is 3.37. The monoisotopic (exact) mass is 380 g/mol. The van der Waals surface area contributed by atoms with E-state index in [0.717, 1.165) is 0 Å². The molecule has 9 heteroatoms. The minimum absolute atomic E-state index is 0.00653. The van der Waals surface area contributed by atoms with Crippen molar-refractivity contribution in [2.45, 2.75) is 0 Å². The largest absolute Gasteiger partial charge is 0.480 e. The first kappa shape index (κ1) is 15.7. The Labute approximate surface area is 142 Å². The first-order chi connectivity index (χ1) is 11.1. The van der Waals surface area contributed by atoms with Gasteiger partial charge < -0.3 is 14.5 Å². The quantitative estimate of drug-likeness (QED) is 0.788. The van der Waals surface area contributed by atoms with E-state index in [-0.39, 0.29) is 5.91 Å². The highest BCUT2D eigenvalue weighted by Crippen LogP contribution is 2.24. The molecule has 0 unspecified atom stereocenters. The fourth-order valence-corrected chi connectivity index (χ4v) is 2.81. The van der Waals surface area contributed by atoms with Crippen molar-refractivity contribution in [3.8, 4) is 5.88 Å². The zero-order chi connectivity index (χ0) is 16.4. The molecular weight excluding hydrogens is 364 g/mol. The maximum Gasteiger partial charge on any atom is 0.257 e. The van der Waals surface area contributed by atoms with E-state index in [1.54, 1.807) is 37.4 Å². The Hall–Kier alpha value is -2.16. The van der Waals surface area contributed by atoms with Crippen molar-refractivity contribution >= 4 is 27.8 Å². The maximum absolute atomic E-state index is 12.4. The highest BCUT2D eigenvalue weighted by Gasteiger charge is 2.24. The third kappa shape index (κ3) is 3.29. The predicted octanol–water partition coefficient (Wildman–Crippen LogP) is 0.944. The molecule has 8 nitrogen and oxygen atoms in total. The lowest BCUT2D eigenvalue weighted by Gasteiger charge is -2.34. The van der Waals surface area contributed by atoms with Crippen molar-refractivity contribution in [2.75, 3.05) is 38.2 Å². The van der Waals surface area contributed by atoms with Crippen molar-refractivity contribution in [1.82, 2.24) is 24.6 Å².